The third-order valence-corrected chi connectivity index (χ3v) is 2.12. The summed E-state index contributed by atoms with van der Waals surface area (Å²) in [6.07, 6.45) is 0. The Hall–Kier alpha value is -1.88. The van der Waals surface area contributed by atoms with Gasteiger partial charge in [0, 0.05) is 12.3 Å². The zero-order valence-corrected chi connectivity index (χ0v) is 10.6. The fraction of sp³-hybridized carbons (Fsp3) is 0.385. The van der Waals surface area contributed by atoms with Gasteiger partial charge in [0.05, 0.1) is 12.2 Å². The first-order valence-corrected chi connectivity index (χ1v) is 5.82. The molecule has 1 aromatic rings. The van der Waals surface area contributed by atoms with Gasteiger partial charge in [-0.3, -0.25) is 4.79 Å². The summed E-state index contributed by atoms with van der Waals surface area (Å²) in [5.41, 5.74) is 1.08. The summed E-state index contributed by atoms with van der Waals surface area (Å²) in [5, 5.41) is 2.66. The molecule has 5 nitrogen and oxygen atoms in total. The third-order valence-electron chi connectivity index (χ3n) is 2.12. The molecule has 5 heteroatoms. The molecule has 0 radical (unpaired) electrons. The second kappa shape index (κ2) is 7.45. The van der Waals surface area contributed by atoms with E-state index in [9.17, 15) is 9.59 Å². The van der Waals surface area contributed by atoms with E-state index in [1.54, 1.807) is 31.2 Å². The molecule has 1 rings (SSSR count). The molecule has 98 valence electrons. The van der Waals surface area contributed by atoms with Gasteiger partial charge in [-0.1, -0.05) is 0 Å². The van der Waals surface area contributed by atoms with E-state index >= 15 is 0 Å². The molecule has 0 aliphatic heterocycles. The number of carbonyl (C=O) groups is 2. The smallest absolute Gasteiger partial charge is 0.338 e. The molecule has 1 amide bonds. The van der Waals surface area contributed by atoms with Crippen LogP contribution in [0.5, 0.6) is 0 Å². The van der Waals surface area contributed by atoms with Crippen molar-refractivity contribution in [3.63, 3.8) is 0 Å². The molecule has 0 saturated heterocycles. The molecular weight excluding hydrogens is 234 g/mol. The molecule has 1 N–H and O–H groups in total. The zero-order chi connectivity index (χ0) is 13.4. The van der Waals surface area contributed by atoms with Crippen molar-refractivity contribution < 1.29 is 19.1 Å². The van der Waals surface area contributed by atoms with Crippen molar-refractivity contribution in [1.82, 2.24) is 0 Å². The van der Waals surface area contributed by atoms with Crippen LogP contribution in [0.2, 0.25) is 0 Å². The minimum Gasteiger partial charge on any atom is -0.462 e. The van der Waals surface area contributed by atoms with Crippen molar-refractivity contribution in [2.75, 3.05) is 25.1 Å². The lowest BCUT2D eigenvalue weighted by atomic mass is 10.2. The van der Waals surface area contributed by atoms with Gasteiger partial charge in [-0.15, -0.1) is 0 Å². The fourth-order valence-electron chi connectivity index (χ4n) is 1.30. The van der Waals surface area contributed by atoms with Crippen LogP contribution in [0, 0.1) is 0 Å². The predicted octanol–water partition coefficient (Wildman–Crippen LogP) is 1.84. The molecule has 18 heavy (non-hydrogen) atoms. The number of anilines is 1. The normalized spacial score (nSPS) is 9.89. The second-order valence-corrected chi connectivity index (χ2v) is 3.48. The number of benzene rings is 1. The Morgan fingerprint density at radius 1 is 1.11 bits per heavy atom. The first-order chi connectivity index (χ1) is 8.67. The standard InChI is InChI=1S/C13H17NO4/c1-3-17-9-12(15)14-11-7-5-10(6-8-11)13(16)18-4-2/h5-8H,3-4,9H2,1-2H3,(H,14,15). The lowest BCUT2D eigenvalue weighted by Gasteiger charge is -2.06. The molecule has 0 atom stereocenters. The van der Waals surface area contributed by atoms with E-state index in [2.05, 4.69) is 5.32 Å². The third kappa shape index (κ3) is 4.55. The Morgan fingerprint density at radius 3 is 2.33 bits per heavy atom. The maximum atomic E-state index is 11.4. The Bertz CT molecular complexity index is 400. The molecule has 0 aromatic heterocycles. The minimum absolute atomic E-state index is 0.0239. The van der Waals surface area contributed by atoms with E-state index in [0.29, 0.717) is 24.5 Å². The van der Waals surface area contributed by atoms with Crippen molar-refractivity contribution in [3.05, 3.63) is 29.8 Å². The predicted molar refractivity (Wildman–Crippen MR) is 67.5 cm³/mol. The zero-order valence-electron chi connectivity index (χ0n) is 10.6. The summed E-state index contributed by atoms with van der Waals surface area (Å²) < 4.78 is 9.83. The number of nitrogens with one attached hydrogen (secondary N) is 1. The van der Waals surface area contributed by atoms with Crippen molar-refractivity contribution in [3.8, 4) is 0 Å². The Balaban J connectivity index is 2.55. The second-order valence-electron chi connectivity index (χ2n) is 3.48. The molecule has 0 aliphatic rings. The van der Waals surface area contributed by atoms with Crippen LogP contribution in [0.3, 0.4) is 0 Å². The first kappa shape index (κ1) is 14.2. The molecular formula is C13H17NO4. The van der Waals surface area contributed by atoms with Gasteiger partial charge < -0.3 is 14.8 Å². The average Bonchev–Trinajstić information content (AvgIpc) is 2.37. The van der Waals surface area contributed by atoms with Crippen molar-refractivity contribution in [2.45, 2.75) is 13.8 Å². The molecule has 0 aliphatic carbocycles. The molecule has 0 unspecified atom stereocenters. The van der Waals surface area contributed by atoms with Crippen LogP contribution >= 0.6 is 0 Å². The van der Waals surface area contributed by atoms with Crippen LogP contribution < -0.4 is 5.32 Å². The molecule has 0 bridgehead atoms. The number of amides is 1. The average molecular weight is 251 g/mol. The van der Waals surface area contributed by atoms with Gasteiger partial charge in [-0.05, 0) is 38.1 Å². The van der Waals surface area contributed by atoms with Crippen LogP contribution in [0.4, 0.5) is 5.69 Å². The maximum Gasteiger partial charge on any atom is 0.338 e. The summed E-state index contributed by atoms with van der Waals surface area (Å²) in [4.78, 5) is 22.8. The lowest BCUT2D eigenvalue weighted by Crippen LogP contribution is -2.18. The summed E-state index contributed by atoms with van der Waals surface area (Å²) >= 11 is 0. The largest absolute Gasteiger partial charge is 0.462 e. The highest BCUT2D eigenvalue weighted by Crippen LogP contribution is 2.10. The lowest BCUT2D eigenvalue weighted by molar-refractivity contribution is -0.120. The number of carbonyl (C=O) groups excluding carboxylic acids is 2. The van der Waals surface area contributed by atoms with Crippen LogP contribution in [0.25, 0.3) is 0 Å². The molecule has 1 aromatic carbocycles. The monoisotopic (exact) mass is 251 g/mol. The molecule has 0 heterocycles. The summed E-state index contributed by atoms with van der Waals surface area (Å²) in [6, 6.07) is 6.51. The van der Waals surface area contributed by atoms with E-state index in [4.69, 9.17) is 9.47 Å². The van der Waals surface area contributed by atoms with Crippen LogP contribution in [0.15, 0.2) is 24.3 Å². The van der Waals surface area contributed by atoms with Gasteiger partial charge in [0.25, 0.3) is 0 Å². The van der Waals surface area contributed by atoms with E-state index in [0.717, 1.165) is 0 Å². The Kier molecular flexibility index (Phi) is 5.87. The first-order valence-electron chi connectivity index (χ1n) is 5.82. The fourth-order valence-corrected chi connectivity index (χ4v) is 1.30. The van der Waals surface area contributed by atoms with Crippen molar-refractivity contribution in [1.29, 1.82) is 0 Å². The number of esters is 1. The molecule has 0 fully saturated rings. The van der Waals surface area contributed by atoms with E-state index in [-0.39, 0.29) is 18.5 Å². The highest BCUT2D eigenvalue weighted by Gasteiger charge is 2.06. The van der Waals surface area contributed by atoms with Gasteiger partial charge in [-0.2, -0.15) is 0 Å². The Labute approximate surface area is 106 Å². The summed E-state index contributed by atoms with van der Waals surface area (Å²) in [7, 11) is 0. The molecule has 0 saturated carbocycles. The van der Waals surface area contributed by atoms with Gasteiger partial charge in [-0.25, -0.2) is 4.79 Å². The van der Waals surface area contributed by atoms with E-state index < -0.39 is 0 Å². The quantitative estimate of drug-likeness (QED) is 0.783. The van der Waals surface area contributed by atoms with Crippen molar-refractivity contribution in [2.24, 2.45) is 0 Å². The number of hydrogen-bond acceptors (Lipinski definition) is 4. The maximum absolute atomic E-state index is 11.4. The van der Waals surface area contributed by atoms with E-state index in [1.165, 1.54) is 0 Å². The van der Waals surface area contributed by atoms with E-state index in [1.807, 2.05) is 6.92 Å². The Morgan fingerprint density at radius 2 is 1.78 bits per heavy atom. The van der Waals surface area contributed by atoms with Crippen LogP contribution in [-0.4, -0.2) is 31.7 Å². The van der Waals surface area contributed by atoms with Gasteiger partial charge in [0.15, 0.2) is 0 Å². The summed E-state index contributed by atoms with van der Waals surface area (Å²) in [6.45, 7) is 4.43. The minimum atomic E-state index is -0.371. The summed E-state index contributed by atoms with van der Waals surface area (Å²) in [5.74, 6) is -0.592. The highest BCUT2D eigenvalue weighted by molar-refractivity contribution is 5.93. The highest BCUT2D eigenvalue weighted by atomic mass is 16.5. The molecule has 0 spiro atoms. The number of ether oxygens (including phenoxy) is 2. The van der Waals surface area contributed by atoms with Gasteiger partial charge >= 0.3 is 5.97 Å². The number of hydrogen-bond donors (Lipinski definition) is 1. The number of rotatable bonds is 6. The SMILES string of the molecule is CCOCC(=O)Nc1ccc(C(=O)OCC)cc1. The van der Waals surface area contributed by atoms with Gasteiger partial charge in [0.2, 0.25) is 5.91 Å². The van der Waals surface area contributed by atoms with Crippen LogP contribution in [0.1, 0.15) is 24.2 Å². The van der Waals surface area contributed by atoms with Crippen LogP contribution in [-0.2, 0) is 14.3 Å². The topological polar surface area (TPSA) is 64.6 Å². The van der Waals surface area contributed by atoms with Crippen molar-refractivity contribution >= 4 is 17.6 Å². The van der Waals surface area contributed by atoms with Gasteiger partial charge in [0.1, 0.15) is 6.61 Å².